The van der Waals surface area contributed by atoms with Gasteiger partial charge in [-0.2, -0.15) is 0 Å². The molecule has 0 radical (unpaired) electrons. The SMILES string of the molecule is CNC1=CC(C)=CC=CC1. The first-order chi connectivity index (χ1) is 4.83. The van der Waals surface area contributed by atoms with Crippen molar-refractivity contribution in [2.45, 2.75) is 13.3 Å². The van der Waals surface area contributed by atoms with Crippen LogP contribution in [0.3, 0.4) is 0 Å². The number of rotatable bonds is 1. The summed E-state index contributed by atoms with van der Waals surface area (Å²) in [4.78, 5) is 0. The van der Waals surface area contributed by atoms with Gasteiger partial charge in [0.15, 0.2) is 0 Å². The summed E-state index contributed by atoms with van der Waals surface area (Å²) in [7, 11) is 1.96. The molecule has 1 aliphatic rings. The molecule has 0 saturated carbocycles. The maximum absolute atomic E-state index is 3.14. The first-order valence-electron chi connectivity index (χ1n) is 3.54. The third-order valence-corrected chi connectivity index (χ3v) is 1.56. The molecule has 0 fully saturated rings. The highest BCUT2D eigenvalue weighted by Gasteiger charge is 1.93. The van der Waals surface area contributed by atoms with Gasteiger partial charge in [-0.05, 0) is 18.6 Å². The van der Waals surface area contributed by atoms with E-state index < -0.39 is 0 Å². The smallest absolute Gasteiger partial charge is 0.0145 e. The van der Waals surface area contributed by atoms with Crippen LogP contribution in [-0.2, 0) is 0 Å². The van der Waals surface area contributed by atoms with E-state index in [4.69, 9.17) is 0 Å². The van der Waals surface area contributed by atoms with Crippen molar-refractivity contribution < 1.29 is 0 Å². The Morgan fingerprint density at radius 2 is 2.30 bits per heavy atom. The Balaban J connectivity index is 2.77. The Kier molecular flexibility index (Phi) is 2.32. The molecule has 0 heterocycles. The largest absolute Gasteiger partial charge is 0.391 e. The van der Waals surface area contributed by atoms with Crippen LogP contribution >= 0.6 is 0 Å². The van der Waals surface area contributed by atoms with E-state index in [0.717, 1.165) is 6.42 Å². The molecule has 0 aliphatic heterocycles. The first kappa shape index (κ1) is 7.13. The Morgan fingerprint density at radius 3 is 3.00 bits per heavy atom. The standard InChI is InChI=1S/C9H13N/c1-8-5-3-4-6-9(7-8)10-2/h3-5,7,10H,6H2,1-2H3. The lowest BCUT2D eigenvalue weighted by atomic mass is 10.2. The summed E-state index contributed by atoms with van der Waals surface area (Å²) in [5, 5.41) is 3.14. The lowest BCUT2D eigenvalue weighted by molar-refractivity contribution is 0.938. The van der Waals surface area contributed by atoms with E-state index in [1.165, 1.54) is 11.3 Å². The zero-order valence-electron chi connectivity index (χ0n) is 6.52. The highest BCUT2D eigenvalue weighted by Crippen LogP contribution is 2.08. The molecule has 0 aromatic carbocycles. The van der Waals surface area contributed by atoms with Crippen LogP contribution in [0.1, 0.15) is 13.3 Å². The maximum atomic E-state index is 3.14. The molecule has 0 aromatic rings. The first-order valence-corrected chi connectivity index (χ1v) is 3.54. The van der Waals surface area contributed by atoms with Crippen LogP contribution in [0.25, 0.3) is 0 Å². The Bertz CT molecular complexity index is 197. The molecule has 1 rings (SSSR count). The fourth-order valence-electron chi connectivity index (χ4n) is 0.971. The van der Waals surface area contributed by atoms with E-state index in [-0.39, 0.29) is 0 Å². The Hall–Kier alpha value is -0.980. The molecule has 0 atom stereocenters. The third kappa shape index (κ3) is 1.76. The number of hydrogen-bond acceptors (Lipinski definition) is 1. The summed E-state index contributed by atoms with van der Waals surface area (Å²) in [6.07, 6.45) is 9.55. The third-order valence-electron chi connectivity index (χ3n) is 1.56. The van der Waals surface area contributed by atoms with Crippen molar-refractivity contribution >= 4 is 0 Å². The van der Waals surface area contributed by atoms with Crippen molar-refractivity contribution in [2.24, 2.45) is 0 Å². The van der Waals surface area contributed by atoms with E-state index in [1.807, 2.05) is 7.05 Å². The molecule has 1 heteroatoms. The molecule has 54 valence electrons. The molecule has 0 spiro atoms. The molecule has 0 saturated heterocycles. The van der Waals surface area contributed by atoms with Crippen LogP contribution in [0.15, 0.2) is 35.6 Å². The molecule has 1 nitrogen and oxygen atoms in total. The Morgan fingerprint density at radius 1 is 1.50 bits per heavy atom. The normalized spacial score (nSPS) is 17.4. The average Bonchev–Trinajstić information content (AvgIpc) is 2.13. The van der Waals surface area contributed by atoms with Crippen molar-refractivity contribution in [1.29, 1.82) is 0 Å². The van der Waals surface area contributed by atoms with Crippen molar-refractivity contribution in [3.05, 3.63) is 35.6 Å². The van der Waals surface area contributed by atoms with Crippen LogP contribution < -0.4 is 5.32 Å². The predicted octanol–water partition coefficient (Wildman–Crippen LogP) is 2.00. The zero-order valence-corrected chi connectivity index (χ0v) is 6.52. The molecular formula is C9H13N. The van der Waals surface area contributed by atoms with Gasteiger partial charge in [0.05, 0.1) is 0 Å². The van der Waals surface area contributed by atoms with E-state index in [2.05, 4.69) is 36.5 Å². The van der Waals surface area contributed by atoms with E-state index in [0.29, 0.717) is 0 Å². The molecular weight excluding hydrogens is 122 g/mol. The zero-order chi connectivity index (χ0) is 7.40. The summed E-state index contributed by atoms with van der Waals surface area (Å²) in [5.74, 6) is 0. The predicted molar refractivity (Wildman–Crippen MR) is 44.7 cm³/mol. The van der Waals surface area contributed by atoms with E-state index >= 15 is 0 Å². The van der Waals surface area contributed by atoms with Crippen molar-refractivity contribution in [3.8, 4) is 0 Å². The summed E-state index contributed by atoms with van der Waals surface area (Å²) in [5.41, 5.74) is 2.58. The number of hydrogen-bond donors (Lipinski definition) is 1. The minimum Gasteiger partial charge on any atom is -0.391 e. The van der Waals surface area contributed by atoms with Gasteiger partial charge in [-0.25, -0.2) is 0 Å². The van der Waals surface area contributed by atoms with Gasteiger partial charge < -0.3 is 5.32 Å². The minimum absolute atomic E-state index is 1.02. The van der Waals surface area contributed by atoms with Gasteiger partial charge in [0.25, 0.3) is 0 Å². The highest BCUT2D eigenvalue weighted by molar-refractivity contribution is 5.29. The molecule has 1 aliphatic carbocycles. The lowest BCUT2D eigenvalue weighted by Crippen LogP contribution is -2.04. The van der Waals surface area contributed by atoms with Crippen molar-refractivity contribution in [2.75, 3.05) is 7.05 Å². The molecule has 0 aromatic heterocycles. The number of allylic oxidation sites excluding steroid dienone is 5. The second-order valence-electron chi connectivity index (χ2n) is 2.46. The second kappa shape index (κ2) is 3.25. The summed E-state index contributed by atoms with van der Waals surface area (Å²) < 4.78 is 0. The van der Waals surface area contributed by atoms with Crippen LogP contribution in [-0.4, -0.2) is 7.05 Å². The maximum Gasteiger partial charge on any atom is 0.0145 e. The Labute approximate surface area is 62.1 Å². The molecule has 0 amide bonds. The van der Waals surface area contributed by atoms with Gasteiger partial charge in [-0.15, -0.1) is 0 Å². The van der Waals surface area contributed by atoms with Crippen molar-refractivity contribution in [1.82, 2.24) is 5.32 Å². The van der Waals surface area contributed by atoms with Crippen LogP contribution in [0.5, 0.6) is 0 Å². The fraction of sp³-hybridized carbons (Fsp3) is 0.333. The van der Waals surface area contributed by atoms with Gasteiger partial charge in [0, 0.05) is 19.2 Å². The monoisotopic (exact) mass is 135 g/mol. The van der Waals surface area contributed by atoms with Crippen LogP contribution in [0.4, 0.5) is 0 Å². The highest BCUT2D eigenvalue weighted by atomic mass is 14.8. The quantitative estimate of drug-likeness (QED) is 0.580. The van der Waals surface area contributed by atoms with Gasteiger partial charge in [0.2, 0.25) is 0 Å². The van der Waals surface area contributed by atoms with Gasteiger partial charge in [-0.1, -0.05) is 18.2 Å². The topological polar surface area (TPSA) is 12.0 Å². The molecule has 1 N–H and O–H groups in total. The number of nitrogens with one attached hydrogen (secondary N) is 1. The average molecular weight is 135 g/mol. The van der Waals surface area contributed by atoms with Gasteiger partial charge in [-0.3, -0.25) is 0 Å². The van der Waals surface area contributed by atoms with Crippen LogP contribution in [0.2, 0.25) is 0 Å². The minimum atomic E-state index is 1.02. The van der Waals surface area contributed by atoms with E-state index in [9.17, 15) is 0 Å². The van der Waals surface area contributed by atoms with E-state index in [1.54, 1.807) is 0 Å². The van der Waals surface area contributed by atoms with Gasteiger partial charge >= 0.3 is 0 Å². The van der Waals surface area contributed by atoms with Crippen molar-refractivity contribution in [3.63, 3.8) is 0 Å². The summed E-state index contributed by atoms with van der Waals surface area (Å²) >= 11 is 0. The summed E-state index contributed by atoms with van der Waals surface area (Å²) in [6.45, 7) is 2.10. The lowest BCUT2D eigenvalue weighted by Gasteiger charge is -2.00. The fourth-order valence-corrected chi connectivity index (χ4v) is 0.971. The second-order valence-corrected chi connectivity index (χ2v) is 2.46. The van der Waals surface area contributed by atoms with Crippen LogP contribution in [0, 0.1) is 0 Å². The van der Waals surface area contributed by atoms with Gasteiger partial charge in [0.1, 0.15) is 0 Å². The molecule has 10 heavy (non-hydrogen) atoms. The molecule has 0 unspecified atom stereocenters. The molecule has 0 bridgehead atoms. The summed E-state index contributed by atoms with van der Waals surface area (Å²) in [6, 6.07) is 0.